The zero-order valence-electron chi connectivity index (χ0n) is 8.19. The van der Waals surface area contributed by atoms with E-state index in [1.54, 1.807) is 6.92 Å². The van der Waals surface area contributed by atoms with E-state index in [1.165, 1.54) is 4.90 Å². The van der Waals surface area contributed by atoms with Crippen molar-refractivity contribution in [3.05, 3.63) is 0 Å². The standard InChI is InChI=1S/C9H17NO3/c1-3-5-6-8(9(12)13)10(4-2)7-11/h7-8H,3-6H2,1-2H3,(H,12,13). The first-order chi connectivity index (χ1) is 6.17. The van der Waals surface area contributed by atoms with Gasteiger partial charge in [-0.3, -0.25) is 4.79 Å². The lowest BCUT2D eigenvalue weighted by Crippen LogP contribution is -2.40. The van der Waals surface area contributed by atoms with E-state index in [-0.39, 0.29) is 0 Å². The van der Waals surface area contributed by atoms with E-state index in [1.807, 2.05) is 6.92 Å². The number of nitrogens with zero attached hydrogens (tertiary/aromatic N) is 1. The molecule has 1 N–H and O–H groups in total. The Balaban J connectivity index is 4.20. The van der Waals surface area contributed by atoms with Crippen LogP contribution in [0.3, 0.4) is 0 Å². The molecule has 0 spiro atoms. The summed E-state index contributed by atoms with van der Waals surface area (Å²) < 4.78 is 0. The Bertz CT molecular complexity index is 170. The summed E-state index contributed by atoms with van der Waals surface area (Å²) in [6.07, 6.45) is 2.92. The highest BCUT2D eigenvalue weighted by Gasteiger charge is 2.21. The van der Waals surface area contributed by atoms with Crippen molar-refractivity contribution in [2.45, 2.75) is 39.2 Å². The molecule has 76 valence electrons. The van der Waals surface area contributed by atoms with Gasteiger partial charge < -0.3 is 10.0 Å². The van der Waals surface area contributed by atoms with Crippen LogP contribution in [0.5, 0.6) is 0 Å². The molecule has 0 saturated heterocycles. The SMILES string of the molecule is CCCCC(C(=O)O)N(C=O)CC. The summed E-state index contributed by atoms with van der Waals surface area (Å²) in [5, 5.41) is 8.83. The van der Waals surface area contributed by atoms with Crippen LogP contribution in [0.15, 0.2) is 0 Å². The van der Waals surface area contributed by atoms with Gasteiger partial charge in [-0.15, -0.1) is 0 Å². The second-order valence-corrected chi connectivity index (χ2v) is 2.93. The van der Waals surface area contributed by atoms with Crippen molar-refractivity contribution in [2.75, 3.05) is 6.54 Å². The molecule has 0 aromatic heterocycles. The van der Waals surface area contributed by atoms with Gasteiger partial charge in [0.2, 0.25) is 6.41 Å². The maximum atomic E-state index is 10.8. The number of amides is 1. The fourth-order valence-electron chi connectivity index (χ4n) is 1.20. The number of hydrogen-bond acceptors (Lipinski definition) is 2. The molecule has 0 saturated carbocycles. The predicted molar refractivity (Wildman–Crippen MR) is 49.4 cm³/mol. The van der Waals surface area contributed by atoms with Gasteiger partial charge in [0.15, 0.2) is 0 Å². The van der Waals surface area contributed by atoms with Gasteiger partial charge in [0.05, 0.1) is 0 Å². The first-order valence-electron chi connectivity index (χ1n) is 4.61. The number of likely N-dealkylation sites (N-methyl/N-ethyl adjacent to an activating group) is 1. The molecule has 0 aromatic rings. The highest BCUT2D eigenvalue weighted by molar-refractivity contribution is 5.76. The van der Waals surface area contributed by atoms with Crippen LogP contribution < -0.4 is 0 Å². The normalized spacial score (nSPS) is 12.2. The average molecular weight is 187 g/mol. The van der Waals surface area contributed by atoms with Gasteiger partial charge in [-0.25, -0.2) is 4.79 Å². The summed E-state index contributed by atoms with van der Waals surface area (Å²) >= 11 is 0. The third-order valence-corrected chi connectivity index (χ3v) is 2.02. The molecule has 1 amide bonds. The Hall–Kier alpha value is -1.06. The molecule has 13 heavy (non-hydrogen) atoms. The Morgan fingerprint density at radius 3 is 2.46 bits per heavy atom. The van der Waals surface area contributed by atoms with E-state index in [2.05, 4.69) is 0 Å². The summed E-state index contributed by atoms with van der Waals surface area (Å²) in [5.41, 5.74) is 0. The highest BCUT2D eigenvalue weighted by atomic mass is 16.4. The van der Waals surface area contributed by atoms with Crippen molar-refractivity contribution in [3.8, 4) is 0 Å². The predicted octanol–water partition coefficient (Wildman–Crippen LogP) is 1.11. The lowest BCUT2D eigenvalue weighted by molar-refractivity contribution is -0.146. The average Bonchev–Trinajstić information content (AvgIpc) is 2.11. The number of carboxylic acids is 1. The third-order valence-electron chi connectivity index (χ3n) is 2.02. The zero-order valence-corrected chi connectivity index (χ0v) is 8.19. The zero-order chi connectivity index (χ0) is 10.3. The molecule has 0 aromatic carbocycles. The summed E-state index contributed by atoms with van der Waals surface area (Å²) in [6.45, 7) is 4.22. The Morgan fingerprint density at radius 1 is 1.54 bits per heavy atom. The number of carboxylic acid groups (broad SMARTS) is 1. The van der Waals surface area contributed by atoms with Crippen LogP contribution in [0, 0.1) is 0 Å². The number of carbonyl (C=O) groups excluding carboxylic acids is 1. The minimum atomic E-state index is -0.914. The number of hydrogen-bond donors (Lipinski definition) is 1. The van der Waals surface area contributed by atoms with Gasteiger partial charge in [0.1, 0.15) is 6.04 Å². The van der Waals surface area contributed by atoms with Crippen molar-refractivity contribution < 1.29 is 14.7 Å². The molecule has 1 atom stereocenters. The molecule has 4 nitrogen and oxygen atoms in total. The van der Waals surface area contributed by atoms with E-state index in [0.717, 1.165) is 12.8 Å². The molecule has 0 fully saturated rings. The summed E-state index contributed by atoms with van der Waals surface area (Å²) in [6, 6.07) is -0.651. The Labute approximate surface area is 78.5 Å². The van der Waals surface area contributed by atoms with Crippen LogP contribution in [0.1, 0.15) is 33.1 Å². The van der Waals surface area contributed by atoms with E-state index < -0.39 is 12.0 Å². The lowest BCUT2D eigenvalue weighted by atomic mass is 10.1. The van der Waals surface area contributed by atoms with Crippen LogP contribution in [0.2, 0.25) is 0 Å². The van der Waals surface area contributed by atoms with Crippen molar-refractivity contribution in [1.82, 2.24) is 4.90 Å². The first-order valence-corrected chi connectivity index (χ1v) is 4.61. The second-order valence-electron chi connectivity index (χ2n) is 2.93. The largest absolute Gasteiger partial charge is 0.480 e. The van der Waals surface area contributed by atoms with E-state index >= 15 is 0 Å². The molecule has 0 aliphatic rings. The Morgan fingerprint density at radius 2 is 2.15 bits per heavy atom. The fraction of sp³-hybridized carbons (Fsp3) is 0.778. The number of aliphatic carboxylic acids is 1. The van der Waals surface area contributed by atoms with Gasteiger partial charge in [-0.2, -0.15) is 0 Å². The van der Waals surface area contributed by atoms with Gasteiger partial charge in [0.25, 0.3) is 0 Å². The maximum absolute atomic E-state index is 10.8. The summed E-state index contributed by atoms with van der Waals surface area (Å²) in [7, 11) is 0. The molecule has 0 heterocycles. The quantitative estimate of drug-likeness (QED) is 0.607. The van der Waals surface area contributed by atoms with E-state index in [9.17, 15) is 9.59 Å². The highest BCUT2D eigenvalue weighted by Crippen LogP contribution is 2.07. The molecular weight excluding hydrogens is 170 g/mol. The van der Waals surface area contributed by atoms with Crippen molar-refractivity contribution in [3.63, 3.8) is 0 Å². The molecule has 0 rings (SSSR count). The topological polar surface area (TPSA) is 57.6 Å². The van der Waals surface area contributed by atoms with Crippen molar-refractivity contribution in [2.24, 2.45) is 0 Å². The molecule has 0 radical (unpaired) electrons. The number of rotatable bonds is 7. The van der Waals surface area contributed by atoms with Crippen LogP contribution in [-0.4, -0.2) is 35.0 Å². The molecule has 1 unspecified atom stereocenters. The smallest absolute Gasteiger partial charge is 0.326 e. The number of unbranched alkanes of at least 4 members (excludes halogenated alkanes) is 1. The first kappa shape index (κ1) is 11.9. The summed E-state index contributed by atoms with van der Waals surface area (Å²) in [5.74, 6) is -0.914. The monoisotopic (exact) mass is 187 g/mol. The molecule has 0 aliphatic carbocycles. The van der Waals surface area contributed by atoms with Crippen molar-refractivity contribution in [1.29, 1.82) is 0 Å². The maximum Gasteiger partial charge on any atom is 0.326 e. The van der Waals surface area contributed by atoms with Crippen LogP contribution in [-0.2, 0) is 9.59 Å². The van der Waals surface area contributed by atoms with Gasteiger partial charge in [-0.05, 0) is 13.3 Å². The van der Waals surface area contributed by atoms with Crippen LogP contribution >= 0.6 is 0 Å². The molecular formula is C9H17NO3. The molecule has 4 heteroatoms. The van der Waals surface area contributed by atoms with E-state index in [0.29, 0.717) is 19.4 Å². The summed E-state index contributed by atoms with van der Waals surface area (Å²) in [4.78, 5) is 22.6. The minimum absolute atomic E-state index is 0.449. The van der Waals surface area contributed by atoms with Gasteiger partial charge >= 0.3 is 5.97 Å². The fourth-order valence-corrected chi connectivity index (χ4v) is 1.20. The van der Waals surface area contributed by atoms with Crippen molar-refractivity contribution >= 4 is 12.4 Å². The van der Waals surface area contributed by atoms with E-state index in [4.69, 9.17) is 5.11 Å². The molecule has 0 aliphatic heterocycles. The lowest BCUT2D eigenvalue weighted by Gasteiger charge is -2.23. The Kier molecular flexibility index (Phi) is 5.93. The second kappa shape index (κ2) is 6.46. The van der Waals surface area contributed by atoms with Crippen LogP contribution in [0.4, 0.5) is 0 Å². The van der Waals surface area contributed by atoms with Crippen LogP contribution in [0.25, 0.3) is 0 Å². The minimum Gasteiger partial charge on any atom is -0.480 e. The molecule has 0 bridgehead atoms. The van der Waals surface area contributed by atoms with Gasteiger partial charge in [-0.1, -0.05) is 19.8 Å². The third kappa shape index (κ3) is 3.92. The number of carbonyl (C=O) groups is 2. The van der Waals surface area contributed by atoms with Gasteiger partial charge in [0, 0.05) is 6.54 Å².